The second kappa shape index (κ2) is 5.57. The van der Waals surface area contributed by atoms with E-state index in [-0.39, 0.29) is 9.92 Å². The molecule has 0 aromatic heterocycles. The van der Waals surface area contributed by atoms with Crippen LogP contribution in [-0.2, 0) is 16.6 Å². The first-order chi connectivity index (χ1) is 8.22. The van der Waals surface area contributed by atoms with Crippen LogP contribution in [0.25, 0.3) is 0 Å². The van der Waals surface area contributed by atoms with Crippen LogP contribution >= 0.6 is 11.6 Å². The summed E-state index contributed by atoms with van der Waals surface area (Å²) in [4.78, 5) is 0.0860. The summed E-state index contributed by atoms with van der Waals surface area (Å²) in [6.07, 6.45) is 0.685. The maximum absolute atomic E-state index is 12.2. The van der Waals surface area contributed by atoms with E-state index in [9.17, 15) is 8.42 Å². The third-order valence-electron chi connectivity index (χ3n) is 2.82. The Labute approximate surface area is 114 Å². The van der Waals surface area contributed by atoms with Crippen molar-refractivity contribution in [1.29, 1.82) is 0 Å². The average Bonchev–Trinajstić information content (AvgIpc) is 2.27. The molecule has 1 aromatic rings. The lowest BCUT2D eigenvalue weighted by Gasteiger charge is -2.24. The highest BCUT2D eigenvalue weighted by Gasteiger charge is 2.26. The molecule has 18 heavy (non-hydrogen) atoms. The molecular formula is C12H19ClN2O2S. The second-order valence-corrected chi connectivity index (χ2v) is 6.87. The summed E-state index contributed by atoms with van der Waals surface area (Å²) >= 11 is 5.99. The van der Waals surface area contributed by atoms with E-state index in [0.717, 1.165) is 5.56 Å². The molecule has 0 radical (unpaired) electrons. The molecule has 0 aliphatic rings. The van der Waals surface area contributed by atoms with Gasteiger partial charge in [0.1, 0.15) is 4.90 Å². The van der Waals surface area contributed by atoms with Crippen LogP contribution < -0.4 is 10.5 Å². The van der Waals surface area contributed by atoms with Crippen molar-refractivity contribution < 1.29 is 8.42 Å². The monoisotopic (exact) mass is 290 g/mol. The number of rotatable bonds is 5. The Kier molecular flexibility index (Phi) is 4.78. The largest absolute Gasteiger partial charge is 0.326 e. The van der Waals surface area contributed by atoms with Crippen LogP contribution in [0, 0.1) is 0 Å². The molecule has 4 nitrogen and oxygen atoms in total. The fraction of sp³-hybridized carbons (Fsp3) is 0.500. The van der Waals surface area contributed by atoms with E-state index in [2.05, 4.69) is 4.72 Å². The molecule has 0 spiro atoms. The topological polar surface area (TPSA) is 72.2 Å². The highest BCUT2D eigenvalue weighted by molar-refractivity contribution is 7.89. The molecule has 3 N–H and O–H groups in total. The summed E-state index contributed by atoms with van der Waals surface area (Å²) in [5.74, 6) is 0. The summed E-state index contributed by atoms with van der Waals surface area (Å²) < 4.78 is 27.0. The number of nitrogens with two attached hydrogens (primary N) is 1. The minimum atomic E-state index is -3.61. The SMILES string of the molecule is CCC(C)(C)NS(=O)(=O)c1ccc(CN)cc1Cl. The van der Waals surface area contributed by atoms with Crippen molar-refractivity contribution in [2.75, 3.05) is 0 Å². The van der Waals surface area contributed by atoms with Gasteiger partial charge in [-0.2, -0.15) is 0 Å². The van der Waals surface area contributed by atoms with E-state index in [1.54, 1.807) is 12.1 Å². The van der Waals surface area contributed by atoms with Crippen LogP contribution in [0.4, 0.5) is 0 Å². The first-order valence-electron chi connectivity index (χ1n) is 5.74. The van der Waals surface area contributed by atoms with Crippen LogP contribution in [0.3, 0.4) is 0 Å². The van der Waals surface area contributed by atoms with Gasteiger partial charge in [0.25, 0.3) is 0 Å². The smallest absolute Gasteiger partial charge is 0.242 e. The first-order valence-corrected chi connectivity index (χ1v) is 7.60. The van der Waals surface area contributed by atoms with Crippen molar-refractivity contribution in [2.24, 2.45) is 5.73 Å². The average molecular weight is 291 g/mol. The van der Waals surface area contributed by atoms with Crippen molar-refractivity contribution in [1.82, 2.24) is 4.72 Å². The van der Waals surface area contributed by atoms with Crippen molar-refractivity contribution in [3.05, 3.63) is 28.8 Å². The van der Waals surface area contributed by atoms with Gasteiger partial charge in [-0.25, -0.2) is 13.1 Å². The van der Waals surface area contributed by atoms with Crippen LogP contribution in [-0.4, -0.2) is 14.0 Å². The zero-order valence-electron chi connectivity index (χ0n) is 10.8. The predicted octanol–water partition coefficient (Wildman–Crippen LogP) is 2.27. The minimum absolute atomic E-state index is 0.0860. The maximum atomic E-state index is 12.2. The van der Waals surface area contributed by atoms with Crippen LogP contribution in [0.1, 0.15) is 32.8 Å². The summed E-state index contributed by atoms with van der Waals surface area (Å²) in [5.41, 5.74) is 5.77. The van der Waals surface area contributed by atoms with Crippen LogP contribution in [0.5, 0.6) is 0 Å². The highest BCUT2D eigenvalue weighted by atomic mass is 35.5. The van der Waals surface area contributed by atoms with Crippen molar-refractivity contribution in [3.8, 4) is 0 Å². The van der Waals surface area contributed by atoms with Gasteiger partial charge in [-0.1, -0.05) is 24.6 Å². The normalized spacial score (nSPS) is 12.7. The summed E-state index contributed by atoms with van der Waals surface area (Å²) in [5, 5.41) is 0.192. The van der Waals surface area contributed by atoms with E-state index in [1.165, 1.54) is 6.07 Å². The number of sulfonamides is 1. The van der Waals surface area contributed by atoms with Gasteiger partial charge in [0, 0.05) is 12.1 Å². The molecule has 1 rings (SSSR count). The minimum Gasteiger partial charge on any atom is -0.326 e. The van der Waals surface area contributed by atoms with E-state index in [1.807, 2.05) is 20.8 Å². The number of benzene rings is 1. The third kappa shape index (κ3) is 3.68. The fourth-order valence-corrected chi connectivity index (χ4v) is 3.43. The number of hydrogen-bond acceptors (Lipinski definition) is 3. The molecule has 0 atom stereocenters. The van der Waals surface area contributed by atoms with Crippen LogP contribution in [0.2, 0.25) is 5.02 Å². The second-order valence-electron chi connectivity index (χ2n) is 4.81. The van der Waals surface area contributed by atoms with Gasteiger partial charge in [0.2, 0.25) is 10.0 Å². The highest BCUT2D eigenvalue weighted by Crippen LogP contribution is 2.24. The Morgan fingerprint density at radius 1 is 1.39 bits per heavy atom. The molecule has 0 amide bonds. The summed E-state index contributed by atoms with van der Waals surface area (Å²) in [6, 6.07) is 4.73. The molecule has 0 fully saturated rings. The van der Waals surface area contributed by atoms with E-state index < -0.39 is 15.6 Å². The van der Waals surface area contributed by atoms with Crippen molar-refractivity contribution in [2.45, 2.75) is 44.2 Å². The van der Waals surface area contributed by atoms with Crippen molar-refractivity contribution in [3.63, 3.8) is 0 Å². The Bertz CT molecular complexity index is 527. The molecule has 6 heteroatoms. The Balaban J connectivity index is 3.14. The summed E-state index contributed by atoms with van der Waals surface area (Å²) in [6.45, 7) is 5.90. The molecule has 0 unspecified atom stereocenters. The van der Waals surface area contributed by atoms with Gasteiger partial charge in [-0.05, 0) is 38.0 Å². The molecule has 0 heterocycles. The van der Waals surface area contributed by atoms with Gasteiger partial charge in [-0.3, -0.25) is 0 Å². The molecule has 0 aliphatic carbocycles. The first kappa shape index (κ1) is 15.4. The maximum Gasteiger partial charge on any atom is 0.242 e. The lowest BCUT2D eigenvalue weighted by Crippen LogP contribution is -2.42. The van der Waals surface area contributed by atoms with Gasteiger partial charge < -0.3 is 5.73 Å². The van der Waals surface area contributed by atoms with E-state index in [4.69, 9.17) is 17.3 Å². The third-order valence-corrected chi connectivity index (χ3v) is 5.00. The predicted molar refractivity (Wildman–Crippen MR) is 74.0 cm³/mol. The summed E-state index contributed by atoms with van der Waals surface area (Å²) in [7, 11) is -3.61. The van der Waals surface area contributed by atoms with Gasteiger partial charge in [0.15, 0.2) is 0 Å². The number of halogens is 1. The zero-order chi connectivity index (χ0) is 14.0. The fourth-order valence-electron chi connectivity index (χ4n) is 1.38. The quantitative estimate of drug-likeness (QED) is 0.874. The van der Waals surface area contributed by atoms with Gasteiger partial charge in [0.05, 0.1) is 5.02 Å². The van der Waals surface area contributed by atoms with E-state index >= 15 is 0 Å². The van der Waals surface area contributed by atoms with Gasteiger partial charge >= 0.3 is 0 Å². The standard InChI is InChI=1S/C12H19ClN2O2S/c1-4-12(2,3)15-18(16,17)11-6-5-9(8-14)7-10(11)13/h5-7,15H,4,8,14H2,1-3H3. The Morgan fingerprint density at radius 3 is 2.44 bits per heavy atom. The van der Waals surface area contributed by atoms with Crippen LogP contribution in [0.15, 0.2) is 23.1 Å². The molecule has 1 aromatic carbocycles. The van der Waals surface area contributed by atoms with E-state index in [0.29, 0.717) is 13.0 Å². The molecule has 0 bridgehead atoms. The van der Waals surface area contributed by atoms with Crippen molar-refractivity contribution >= 4 is 21.6 Å². The number of nitrogens with one attached hydrogen (secondary N) is 1. The lowest BCUT2D eigenvalue weighted by molar-refractivity contribution is 0.439. The molecule has 0 aliphatic heterocycles. The number of hydrogen-bond donors (Lipinski definition) is 2. The lowest BCUT2D eigenvalue weighted by atomic mass is 10.0. The molecule has 102 valence electrons. The molecule has 0 saturated heterocycles. The Hall–Kier alpha value is -0.620. The Morgan fingerprint density at radius 2 is 2.00 bits per heavy atom. The molecular weight excluding hydrogens is 272 g/mol. The van der Waals surface area contributed by atoms with Gasteiger partial charge in [-0.15, -0.1) is 0 Å². The molecule has 0 saturated carbocycles. The zero-order valence-corrected chi connectivity index (χ0v) is 12.4.